The highest BCUT2D eigenvalue weighted by Gasteiger charge is 2.17. The first-order chi connectivity index (χ1) is 8.31. The SMILES string of the molecule is CC.CCc1ccc2c(c1)[C@H](C)CCO2.CO. The van der Waals surface area contributed by atoms with Crippen LogP contribution in [-0.4, -0.2) is 18.8 Å². The third kappa shape index (κ3) is 4.39. The summed E-state index contributed by atoms with van der Waals surface area (Å²) in [6.45, 7) is 9.34. The summed E-state index contributed by atoms with van der Waals surface area (Å²) in [6, 6.07) is 6.57. The van der Waals surface area contributed by atoms with Crippen molar-refractivity contribution in [3.63, 3.8) is 0 Å². The molecule has 2 rings (SSSR count). The lowest BCUT2D eigenvalue weighted by Gasteiger charge is -2.23. The zero-order chi connectivity index (χ0) is 13.3. The van der Waals surface area contributed by atoms with Crippen molar-refractivity contribution in [3.8, 4) is 5.75 Å². The molecule has 1 aromatic carbocycles. The van der Waals surface area contributed by atoms with Crippen molar-refractivity contribution < 1.29 is 9.84 Å². The lowest BCUT2D eigenvalue weighted by molar-refractivity contribution is 0.272. The Balaban J connectivity index is 0.000000581. The summed E-state index contributed by atoms with van der Waals surface area (Å²) < 4.78 is 5.59. The maximum atomic E-state index is 7.00. The van der Waals surface area contributed by atoms with E-state index < -0.39 is 0 Å². The third-order valence-electron chi connectivity index (χ3n) is 2.82. The summed E-state index contributed by atoms with van der Waals surface area (Å²) in [5, 5.41) is 7.00. The fourth-order valence-electron chi connectivity index (χ4n) is 1.84. The van der Waals surface area contributed by atoms with E-state index in [9.17, 15) is 0 Å². The largest absolute Gasteiger partial charge is 0.493 e. The van der Waals surface area contributed by atoms with E-state index in [1.54, 1.807) is 0 Å². The zero-order valence-electron chi connectivity index (χ0n) is 11.8. The molecule has 2 heteroatoms. The van der Waals surface area contributed by atoms with Crippen LogP contribution in [0, 0.1) is 0 Å². The van der Waals surface area contributed by atoms with E-state index in [1.165, 1.54) is 11.1 Å². The first kappa shape index (κ1) is 16.0. The number of ether oxygens (including phenoxy) is 1. The van der Waals surface area contributed by atoms with Crippen LogP contribution in [0.5, 0.6) is 5.75 Å². The Morgan fingerprint density at radius 3 is 2.53 bits per heavy atom. The van der Waals surface area contributed by atoms with Crippen molar-refractivity contribution in [1.82, 2.24) is 0 Å². The smallest absolute Gasteiger partial charge is 0.122 e. The van der Waals surface area contributed by atoms with Crippen molar-refractivity contribution in [2.75, 3.05) is 13.7 Å². The van der Waals surface area contributed by atoms with Gasteiger partial charge >= 0.3 is 0 Å². The van der Waals surface area contributed by atoms with Crippen molar-refractivity contribution >= 4 is 0 Å². The van der Waals surface area contributed by atoms with Gasteiger partial charge in [-0.15, -0.1) is 0 Å². The van der Waals surface area contributed by atoms with Gasteiger partial charge in [0.05, 0.1) is 6.61 Å². The molecule has 0 radical (unpaired) electrons. The molecule has 0 fully saturated rings. The molecule has 98 valence electrons. The Kier molecular flexibility index (Phi) is 8.51. The summed E-state index contributed by atoms with van der Waals surface area (Å²) in [5.41, 5.74) is 2.81. The Morgan fingerprint density at radius 1 is 1.29 bits per heavy atom. The highest BCUT2D eigenvalue weighted by atomic mass is 16.5. The summed E-state index contributed by atoms with van der Waals surface area (Å²) in [7, 11) is 1.00. The Morgan fingerprint density at radius 2 is 1.94 bits per heavy atom. The van der Waals surface area contributed by atoms with E-state index in [1.807, 2.05) is 13.8 Å². The van der Waals surface area contributed by atoms with Gasteiger partial charge in [-0.05, 0) is 36.0 Å². The molecule has 2 nitrogen and oxygen atoms in total. The number of fused-ring (bicyclic) bond motifs is 1. The summed E-state index contributed by atoms with van der Waals surface area (Å²) in [5.74, 6) is 1.76. The summed E-state index contributed by atoms with van der Waals surface area (Å²) >= 11 is 0. The van der Waals surface area contributed by atoms with E-state index in [0.717, 1.165) is 32.3 Å². The molecule has 0 amide bonds. The van der Waals surface area contributed by atoms with E-state index in [2.05, 4.69) is 32.0 Å². The molecule has 17 heavy (non-hydrogen) atoms. The molecule has 0 aromatic heterocycles. The lowest BCUT2D eigenvalue weighted by Crippen LogP contribution is -2.12. The maximum absolute atomic E-state index is 7.00. The molecule has 1 aliphatic rings. The normalized spacial score (nSPS) is 16.5. The summed E-state index contributed by atoms with van der Waals surface area (Å²) in [4.78, 5) is 0. The van der Waals surface area contributed by atoms with E-state index in [4.69, 9.17) is 9.84 Å². The van der Waals surface area contributed by atoms with Crippen molar-refractivity contribution in [2.45, 2.75) is 46.5 Å². The third-order valence-corrected chi connectivity index (χ3v) is 2.82. The average molecular weight is 238 g/mol. The number of benzene rings is 1. The molecule has 1 heterocycles. The van der Waals surface area contributed by atoms with Crippen LogP contribution >= 0.6 is 0 Å². The van der Waals surface area contributed by atoms with Crippen molar-refractivity contribution in [3.05, 3.63) is 29.3 Å². The minimum Gasteiger partial charge on any atom is -0.493 e. The fourth-order valence-corrected chi connectivity index (χ4v) is 1.84. The molecule has 0 saturated carbocycles. The molecule has 1 aromatic rings. The highest BCUT2D eigenvalue weighted by molar-refractivity contribution is 5.40. The van der Waals surface area contributed by atoms with Gasteiger partial charge in [-0.25, -0.2) is 0 Å². The number of rotatable bonds is 1. The number of aliphatic hydroxyl groups is 1. The van der Waals surface area contributed by atoms with Gasteiger partial charge in [-0.2, -0.15) is 0 Å². The van der Waals surface area contributed by atoms with Gasteiger partial charge in [0.2, 0.25) is 0 Å². The number of aryl methyl sites for hydroxylation is 1. The zero-order valence-corrected chi connectivity index (χ0v) is 11.8. The van der Waals surface area contributed by atoms with E-state index in [-0.39, 0.29) is 0 Å². The molecule has 0 bridgehead atoms. The molecule has 0 aliphatic carbocycles. The average Bonchev–Trinajstić information content (AvgIpc) is 2.43. The molecular weight excluding hydrogens is 212 g/mol. The molecule has 0 unspecified atom stereocenters. The van der Waals surface area contributed by atoms with Crippen LogP contribution in [0.15, 0.2) is 18.2 Å². The Bertz CT molecular complexity index is 308. The molecule has 1 atom stereocenters. The van der Waals surface area contributed by atoms with Crippen LogP contribution in [0.25, 0.3) is 0 Å². The Hall–Kier alpha value is -1.02. The van der Waals surface area contributed by atoms with Gasteiger partial charge in [0.25, 0.3) is 0 Å². The second-order valence-corrected chi connectivity index (χ2v) is 3.76. The van der Waals surface area contributed by atoms with Gasteiger partial charge < -0.3 is 9.84 Å². The maximum Gasteiger partial charge on any atom is 0.122 e. The van der Waals surface area contributed by atoms with Gasteiger partial charge in [0.1, 0.15) is 5.75 Å². The van der Waals surface area contributed by atoms with Crippen LogP contribution in [0.3, 0.4) is 0 Å². The van der Waals surface area contributed by atoms with Crippen LogP contribution in [0.4, 0.5) is 0 Å². The monoisotopic (exact) mass is 238 g/mol. The summed E-state index contributed by atoms with van der Waals surface area (Å²) in [6.07, 6.45) is 2.26. The number of hydrogen-bond acceptors (Lipinski definition) is 2. The van der Waals surface area contributed by atoms with Gasteiger partial charge in [0, 0.05) is 7.11 Å². The number of aliphatic hydroxyl groups excluding tert-OH is 1. The standard InChI is InChI=1S/C12H16O.C2H6.CH4O/c1-3-10-4-5-12-11(8-10)9(2)6-7-13-12;2*1-2/h4-5,8-9H,3,6-7H2,1-2H3;1-2H3;2H,1H3/t9-;;/m1../s1. The second-order valence-electron chi connectivity index (χ2n) is 3.76. The predicted octanol–water partition coefficient (Wildman–Crippen LogP) is 3.77. The van der Waals surface area contributed by atoms with Crippen molar-refractivity contribution in [1.29, 1.82) is 0 Å². The van der Waals surface area contributed by atoms with Crippen LogP contribution in [-0.2, 0) is 6.42 Å². The Labute approximate surface area is 106 Å². The highest BCUT2D eigenvalue weighted by Crippen LogP contribution is 2.33. The lowest BCUT2D eigenvalue weighted by atomic mass is 9.93. The molecule has 1 aliphatic heterocycles. The van der Waals surface area contributed by atoms with Gasteiger partial charge in [-0.3, -0.25) is 0 Å². The quantitative estimate of drug-likeness (QED) is 0.807. The fraction of sp³-hybridized carbons (Fsp3) is 0.600. The van der Waals surface area contributed by atoms with E-state index >= 15 is 0 Å². The van der Waals surface area contributed by atoms with E-state index in [0.29, 0.717) is 5.92 Å². The van der Waals surface area contributed by atoms with Gasteiger partial charge in [0.15, 0.2) is 0 Å². The van der Waals surface area contributed by atoms with Crippen molar-refractivity contribution in [2.24, 2.45) is 0 Å². The molecule has 1 N–H and O–H groups in total. The van der Waals surface area contributed by atoms with Gasteiger partial charge in [-0.1, -0.05) is 39.8 Å². The molecule has 0 saturated heterocycles. The number of hydrogen-bond donors (Lipinski definition) is 1. The van der Waals surface area contributed by atoms with Crippen LogP contribution < -0.4 is 4.74 Å². The molecule has 0 spiro atoms. The van der Waals surface area contributed by atoms with Crippen LogP contribution in [0.2, 0.25) is 0 Å². The minimum atomic E-state index is 0.662. The minimum absolute atomic E-state index is 0.662. The van der Waals surface area contributed by atoms with Crippen LogP contribution in [0.1, 0.15) is 51.2 Å². The molecular formula is C15H26O2. The first-order valence-corrected chi connectivity index (χ1v) is 6.51. The first-order valence-electron chi connectivity index (χ1n) is 6.51. The predicted molar refractivity (Wildman–Crippen MR) is 73.8 cm³/mol. The second kappa shape index (κ2) is 9.06. The topological polar surface area (TPSA) is 29.5 Å².